The van der Waals surface area contributed by atoms with Crippen LogP contribution < -0.4 is 4.74 Å². The molecule has 0 aliphatic carbocycles. The molecule has 0 aliphatic rings. The molecule has 0 amide bonds. The van der Waals surface area contributed by atoms with Crippen LogP contribution in [0.15, 0.2) is 33.7 Å². The van der Waals surface area contributed by atoms with Crippen LogP contribution in [0, 0.1) is 5.92 Å². The quantitative estimate of drug-likeness (QED) is 0.756. The Balaban J connectivity index is 1.92. The van der Waals surface area contributed by atoms with Crippen molar-refractivity contribution in [3.63, 3.8) is 0 Å². The van der Waals surface area contributed by atoms with Gasteiger partial charge in [-0.2, -0.15) is 4.98 Å². The maximum absolute atomic E-state index is 5.21. The predicted molar refractivity (Wildman–Crippen MR) is 75.4 cm³/mol. The zero-order valence-corrected chi connectivity index (χ0v) is 12.2. The molecule has 0 spiro atoms. The van der Waals surface area contributed by atoms with Crippen LogP contribution >= 0.6 is 11.8 Å². The van der Waals surface area contributed by atoms with Gasteiger partial charge in [0.15, 0.2) is 5.82 Å². The van der Waals surface area contributed by atoms with Gasteiger partial charge in [-0.1, -0.05) is 25.1 Å². The van der Waals surface area contributed by atoms with Crippen LogP contribution in [-0.4, -0.2) is 17.3 Å². The maximum atomic E-state index is 5.21. The summed E-state index contributed by atoms with van der Waals surface area (Å²) in [5.41, 5.74) is 0. The Morgan fingerprint density at radius 1 is 1.37 bits per heavy atom. The van der Waals surface area contributed by atoms with Crippen molar-refractivity contribution in [2.75, 3.05) is 7.11 Å². The van der Waals surface area contributed by atoms with Crippen molar-refractivity contribution in [1.82, 2.24) is 10.1 Å². The first-order valence-electron chi connectivity index (χ1n) is 6.25. The summed E-state index contributed by atoms with van der Waals surface area (Å²) in [6.07, 6.45) is 0.830. The Kier molecular flexibility index (Phi) is 4.85. The van der Waals surface area contributed by atoms with Crippen molar-refractivity contribution < 1.29 is 9.26 Å². The highest BCUT2D eigenvalue weighted by Gasteiger charge is 2.08. The topological polar surface area (TPSA) is 48.2 Å². The molecule has 2 aromatic rings. The first-order chi connectivity index (χ1) is 9.17. The first kappa shape index (κ1) is 13.9. The second kappa shape index (κ2) is 6.61. The van der Waals surface area contributed by atoms with Crippen molar-refractivity contribution >= 4 is 11.8 Å². The van der Waals surface area contributed by atoms with Crippen LogP contribution in [0.25, 0.3) is 0 Å². The van der Waals surface area contributed by atoms with E-state index >= 15 is 0 Å². The molecule has 1 aromatic heterocycles. The fourth-order valence-corrected chi connectivity index (χ4v) is 2.41. The Labute approximate surface area is 117 Å². The third-order valence-corrected chi connectivity index (χ3v) is 3.49. The molecule has 4 nitrogen and oxygen atoms in total. The fourth-order valence-electron chi connectivity index (χ4n) is 1.62. The van der Waals surface area contributed by atoms with Gasteiger partial charge in [0.1, 0.15) is 5.75 Å². The highest BCUT2D eigenvalue weighted by Crippen LogP contribution is 2.25. The van der Waals surface area contributed by atoms with Gasteiger partial charge >= 0.3 is 0 Å². The van der Waals surface area contributed by atoms with Crippen LogP contribution in [0.5, 0.6) is 5.75 Å². The summed E-state index contributed by atoms with van der Waals surface area (Å²) in [4.78, 5) is 5.51. The highest BCUT2D eigenvalue weighted by atomic mass is 32.2. The molecule has 0 aliphatic heterocycles. The van der Waals surface area contributed by atoms with E-state index in [-0.39, 0.29) is 0 Å². The minimum atomic E-state index is 0.527. The molecule has 0 saturated heterocycles. The van der Waals surface area contributed by atoms with Crippen molar-refractivity contribution in [2.24, 2.45) is 5.92 Å². The number of thioether (sulfide) groups is 1. The molecule has 0 bridgehead atoms. The molecule has 1 heterocycles. The molecule has 1 aromatic carbocycles. The number of methoxy groups -OCH3 is 1. The average molecular weight is 278 g/mol. The molecule has 0 atom stereocenters. The molecule has 5 heteroatoms. The third-order valence-electron chi connectivity index (χ3n) is 2.50. The van der Waals surface area contributed by atoms with E-state index in [0.717, 1.165) is 28.8 Å². The number of hydrogen-bond donors (Lipinski definition) is 0. The molecule has 2 rings (SSSR count). The summed E-state index contributed by atoms with van der Waals surface area (Å²) in [6, 6.07) is 7.95. The number of nitrogens with zero attached hydrogens (tertiary/aromatic N) is 2. The zero-order valence-electron chi connectivity index (χ0n) is 11.4. The minimum absolute atomic E-state index is 0.527. The van der Waals surface area contributed by atoms with Gasteiger partial charge in [0.05, 0.1) is 12.9 Å². The Morgan fingerprint density at radius 3 is 2.95 bits per heavy atom. The Hall–Kier alpha value is -1.49. The largest absolute Gasteiger partial charge is 0.497 e. The molecule has 0 N–H and O–H groups in total. The van der Waals surface area contributed by atoms with E-state index in [1.165, 1.54) is 0 Å². The van der Waals surface area contributed by atoms with E-state index in [9.17, 15) is 0 Å². The van der Waals surface area contributed by atoms with E-state index in [1.807, 2.05) is 24.3 Å². The number of ether oxygens (including phenoxy) is 1. The van der Waals surface area contributed by atoms with Gasteiger partial charge in [-0.05, 0) is 24.1 Å². The minimum Gasteiger partial charge on any atom is -0.497 e. The van der Waals surface area contributed by atoms with E-state index in [0.29, 0.717) is 11.7 Å². The Morgan fingerprint density at radius 2 is 2.21 bits per heavy atom. The summed E-state index contributed by atoms with van der Waals surface area (Å²) in [7, 11) is 1.67. The van der Waals surface area contributed by atoms with Crippen LogP contribution in [-0.2, 0) is 12.2 Å². The fraction of sp³-hybridized carbons (Fsp3) is 0.429. The lowest BCUT2D eigenvalue weighted by molar-refractivity contribution is 0.360. The number of rotatable bonds is 6. The SMILES string of the molecule is COc1cccc(SCc2noc(CC(C)C)n2)c1. The van der Waals surface area contributed by atoms with E-state index in [4.69, 9.17) is 9.26 Å². The lowest BCUT2D eigenvalue weighted by Crippen LogP contribution is -1.94. The number of benzene rings is 1. The summed E-state index contributed by atoms with van der Waals surface area (Å²) in [5.74, 6) is 3.55. The van der Waals surface area contributed by atoms with E-state index < -0.39 is 0 Å². The van der Waals surface area contributed by atoms with Gasteiger partial charge in [-0.3, -0.25) is 0 Å². The molecule has 19 heavy (non-hydrogen) atoms. The standard InChI is InChI=1S/C14H18N2O2S/c1-10(2)7-14-15-13(16-18-14)9-19-12-6-4-5-11(8-12)17-3/h4-6,8,10H,7,9H2,1-3H3. The molecule has 0 saturated carbocycles. The van der Waals surface area contributed by atoms with Gasteiger partial charge in [-0.15, -0.1) is 11.8 Å². The predicted octanol–water partition coefficient (Wildman–Crippen LogP) is 3.57. The number of aromatic nitrogens is 2. The normalized spacial score (nSPS) is 10.9. The summed E-state index contributed by atoms with van der Waals surface area (Å²) in [6.45, 7) is 4.27. The number of hydrogen-bond acceptors (Lipinski definition) is 5. The summed E-state index contributed by atoms with van der Waals surface area (Å²) in [5, 5.41) is 3.99. The second-order valence-electron chi connectivity index (χ2n) is 4.67. The Bertz CT molecular complexity index is 526. The second-order valence-corrected chi connectivity index (χ2v) is 5.72. The molecule has 102 valence electrons. The van der Waals surface area contributed by atoms with Gasteiger partial charge in [0.25, 0.3) is 0 Å². The van der Waals surface area contributed by atoms with Gasteiger partial charge in [0, 0.05) is 11.3 Å². The van der Waals surface area contributed by atoms with Crippen molar-refractivity contribution in [3.8, 4) is 5.75 Å². The van der Waals surface area contributed by atoms with E-state index in [1.54, 1.807) is 18.9 Å². The zero-order chi connectivity index (χ0) is 13.7. The molecule has 0 radical (unpaired) electrons. The lowest BCUT2D eigenvalue weighted by Gasteiger charge is -2.02. The molecule has 0 unspecified atom stereocenters. The monoisotopic (exact) mass is 278 g/mol. The molecular weight excluding hydrogens is 260 g/mol. The van der Waals surface area contributed by atoms with Crippen molar-refractivity contribution in [1.29, 1.82) is 0 Å². The van der Waals surface area contributed by atoms with Crippen molar-refractivity contribution in [2.45, 2.75) is 30.9 Å². The van der Waals surface area contributed by atoms with Crippen LogP contribution in [0.4, 0.5) is 0 Å². The van der Waals surface area contributed by atoms with Crippen LogP contribution in [0.1, 0.15) is 25.6 Å². The molecular formula is C14H18N2O2S. The van der Waals surface area contributed by atoms with Crippen LogP contribution in [0.3, 0.4) is 0 Å². The summed E-state index contributed by atoms with van der Waals surface area (Å²) >= 11 is 1.67. The highest BCUT2D eigenvalue weighted by molar-refractivity contribution is 7.98. The van der Waals surface area contributed by atoms with Gasteiger partial charge in [0.2, 0.25) is 5.89 Å². The third kappa shape index (κ3) is 4.28. The lowest BCUT2D eigenvalue weighted by atomic mass is 10.1. The molecule has 0 fully saturated rings. The average Bonchev–Trinajstić information content (AvgIpc) is 2.83. The van der Waals surface area contributed by atoms with Gasteiger partial charge in [-0.25, -0.2) is 0 Å². The maximum Gasteiger partial charge on any atom is 0.226 e. The smallest absolute Gasteiger partial charge is 0.226 e. The first-order valence-corrected chi connectivity index (χ1v) is 7.24. The van der Waals surface area contributed by atoms with Crippen LogP contribution in [0.2, 0.25) is 0 Å². The van der Waals surface area contributed by atoms with E-state index in [2.05, 4.69) is 24.0 Å². The van der Waals surface area contributed by atoms with Crippen molar-refractivity contribution in [3.05, 3.63) is 36.0 Å². The summed E-state index contributed by atoms with van der Waals surface area (Å²) < 4.78 is 10.4. The van der Waals surface area contributed by atoms with Gasteiger partial charge < -0.3 is 9.26 Å².